The molecule has 5 nitrogen and oxygen atoms in total. The summed E-state index contributed by atoms with van der Waals surface area (Å²) < 4.78 is 14.9. The molecule has 1 heterocycles. The number of carbonyl (C=O) groups is 1. The average molecular weight is 259 g/mol. The molecule has 0 fully saturated rings. The minimum atomic E-state index is -0.534. The number of methoxy groups -OCH3 is 1. The second kappa shape index (κ2) is 6.39. The lowest BCUT2D eigenvalue weighted by atomic mass is 10.2. The third-order valence-corrected chi connectivity index (χ3v) is 2.32. The molecule has 0 unspecified atom stereocenters. The number of oxazole rings is 1. The molecular formula is C14H13NO4. The number of hydrogen-bond acceptors (Lipinski definition) is 5. The molecule has 0 aliphatic rings. The van der Waals surface area contributed by atoms with E-state index < -0.39 is 5.97 Å². The van der Waals surface area contributed by atoms with Crippen molar-refractivity contribution in [2.45, 2.75) is 6.61 Å². The standard InChI is InChI=1S/C14H13NO4/c1-17-14(16)12-10-19-13(15-12)7-8-18-9-11-5-3-2-4-6-11/h2-8,10H,9H2,1H3/b8-7-. The van der Waals surface area contributed by atoms with Crippen LogP contribution in [0.1, 0.15) is 21.9 Å². The van der Waals surface area contributed by atoms with Crippen LogP contribution in [0, 0.1) is 0 Å². The molecule has 5 heteroatoms. The van der Waals surface area contributed by atoms with E-state index in [-0.39, 0.29) is 11.6 Å². The first kappa shape index (κ1) is 12.9. The zero-order valence-corrected chi connectivity index (χ0v) is 10.4. The second-order valence-corrected chi connectivity index (χ2v) is 3.66. The second-order valence-electron chi connectivity index (χ2n) is 3.66. The van der Waals surface area contributed by atoms with Gasteiger partial charge in [0, 0.05) is 6.08 Å². The van der Waals surface area contributed by atoms with Gasteiger partial charge in [-0.3, -0.25) is 0 Å². The van der Waals surface area contributed by atoms with Gasteiger partial charge in [0.1, 0.15) is 12.9 Å². The minimum absolute atomic E-state index is 0.130. The van der Waals surface area contributed by atoms with Gasteiger partial charge in [-0.15, -0.1) is 0 Å². The third-order valence-electron chi connectivity index (χ3n) is 2.32. The summed E-state index contributed by atoms with van der Waals surface area (Å²) >= 11 is 0. The third kappa shape index (κ3) is 3.70. The van der Waals surface area contributed by atoms with Crippen molar-refractivity contribution in [2.75, 3.05) is 7.11 Å². The number of ether oxygens (including phenoxy) is 2. The Balaban J connectivity index is 1.86. The molecule has 0 radical (unpaired) electrons. The Morgan fingerprint density at radius 1 is 1.37 bits per heavy atom. The van der Waals surface area contributed by atoms with Crippen molar-refractivity contribution < 1.29 is 18.7 Å². The van der Waals surface area contributed by atoms with Gasteiger partial charge in [0.2, 0.25) is 5.89 Å². The SMILES string of the molecule is COC(=O)c1coc(/C=C\OCc2ccccc2)n1. The molecule has 0 bridgehead atoms. The van der Waals surface area contributed by atoms with E-state index in [9.17, 15) is 4.79 Å². The first-order valence-electron chi connectivity index (χ1n) is 5.65. The molecule has 0 saturated carbocycles. The van der Waals surface area contributed by atoms with E-state index in [1.54, 1.807) is 0 Å². The van der Waals surface area contributed by atoms with Crippen LogP contribution in [-0.2, 0) is 16.1 Å². The highest BCUT2D eigenvalue weighted by Crippen LogP contribution is 2.06. The summed E-state index contributed by atoms with van der Waals surface area (Å²) in [6, 6.07) is 9.77. The number of carbonyl (C=O) groups excluding carboxylic acids is 1. The van der Waals surface area contributed by atoms with Gasteiger partial charge < -0.3 is 13.9 Å². The number of benzene rings is 1. The fourth-order valence-corrected chi connectivity index (χ4v) is 1.39. The number of esters is 1. The number of rotatable bonds is 5. The van der Waals surface area contributed by atoms with Gasteiger partial charge in [0.15, 0.2) is 5.69 Å². The highest BCUT2D eigenvalue weighted by molar-refractivity contribution is 5.86. The van der Waals surface area contributed by atoms with Gasteiger partial charge in [0.25, 0.3) is 0 Å². The highest BCUT2D eigenvalue weighted by atomic mass is 16.5. The van der Waals surface area contributed by atoms with Crippen LogP contribution in [0.5, 0.6) is 0 Å². The zero-order valence-electron chi connectivity index (χ0n) is 10.4. The highest BCUT2D eigenvalue weighted by Gasteiger charge is 2.10. The van der Waals surface area contributed by atoms with Gasteiger partial charge in [-0.1, -0.05) is 30.3 Å². The van der Waals surface area contributed by atoms with Gasteiger partial charge in [-0.25, -0.2) is 9.78 Å². The van der Waals surface area contributed by atoms with Gasteiger partial charge in [-0.05, 0) is 5.56 Å². The Morgan fingerprint density at radius 2 is 2.16 bits per heavy atom. The summed E-state index contributed by atoms with van der Waals surface area (Å²) in [5.41, 5.74) is 1.19. The first-order valence-corrected chi connectivity index (χ1v) is 5.65. The van der Waals surface area contributed by atoms with Crippen LogP contribution in [0.15, 0.2) is 47.3 Å². The van der Waals surface area contributed by atoms with Crippen molar-refractivity contribution in [3.63, 3.8) is 0 Å². The lowest BCUT2D eigenvalue weighted by molar-refractivity contribution is 0.0594. The fourth-order valence-electron chi connectivity index (χ4n) is 1.39. The van der Waals surface area contributed by atoms with E-state index in [2.05, 4.69) is 9.72 Å². The van der Waals surface area contributed by atoms with Crippen LogP contribution < -0.4 is 0 Å². The molecule has 2 rings (SSSR count). The van der Waals surface area contributed by atoms with Crippen LogP contribution in [-0.4, -0.2) is 18.1 Å². The smallest absolute Gasteiger partial charge is 0.360 e. The van der Waals surface area contributed by atoms with Crippen LogP contribution in [0.3, 0.4) is 0 Å². The first-order chi connectivity index (χ1) is 9.29. The maximum Gasteiger partial charge on any atom is 0.360 e. The average Bonchev–Trinajstić information content (AvgIpc) is 2.93. The summed E-state index contributed by atoms with van der Waals surface area (Å²) in [4.78, 5) is 15.1. The molecule has 0 spiro atoms. The molecule has 0 saturated heterocycles. The summed E-state index contributed by atoms with van der Waals surface area (Å²) in [6.07, 6.45) is 4.25. The molecule has 98 valence electrons. The van der Waals surface area contributed by atoms with E-state index in [1.807, 2.05) is 30.3 Å². The Hall–Kier alpha value is -2.56. The predicted octanol–water partition coefficient (Wildman–Crippen LogP) is 2.65. The molecule has 0 aliphatic heterocycles. The largest absolute Gasteiger partial charge is 0.496 e. The normalized spacial score (nSPS) is 10.6. The Morgan fingerprint density at radius 3 is 2.89 bits per heavy atom. The van der Waals surface area contributed by atoms with Gasteiger partial charge in [-0.2, -0.15) is 0 Å². The Labute approximate surface area is 110 Å². The molecule has 0 N–H and O–H groups in total. The van der Waals surface area contributed by atoms with Crippen molar-refractivity contribution in [3.05, 3.63) is 60.0 Å². The quantitative estimate of drug-likeness (QED) is 0.610. The van der Waals surface area contributed by atoms with Crippen molar-refractivity contribution in [3.8, 4) is 0 Å². The Bertz CT molecular complexity index is 560. The predicted molar refractivity (Wildman–Crippen MR) is 68.1 cm³/mol. The van der Waals surface area contributed by atoms with E-state index >= 15 is 0 Å². The van der Waals surface area contributed by atoms with Crippen molar-refractivity contribution in [1.82, 2.24) is 4.98 Å². The molecule has 0 atom stereocenters. The minimum Gasteiger partial charge on any atom is -0.496 e. The maximum absolute atomic E-state index is 11.1. The number of hydrogen-bond donors (Lipinski definition) is 0. The molecule has 0 aliphatic carbocycles. The van der Waals surface area contributed by atoms with Crippen LogP contribution in [0.2, 0.25) is 0 Å². The summed E-state index contributed by atoms with van der Waals surface area (Å²) in [6.45, 7) is 0.460. The van der Waals surface area contributed by atoms with E-state index in [1.165, 1.54) is 25.7 Å². The van der Waals surface area contributed by atoms with Crippen molar-refractivity contribution >= 4 is 12.0 Å². The van der Waals surface area contributed by atoms with Crippen molar-refractivity contribution in [2.24, 2.45) is 0 Å². The summed E-state index contributed by atoms with van der Waals surface area (Å²) in [7, 11) is 1.29. The van der Waals surface area contributed by atoms with Gasteiger partial charge in [0.05, 0.1) is 13.4 Å². The van der Waals surface area contributed by atoms with Crippen LogP contribution >= 0.6 is 0 Å². The van der Waals surface area contributed by atoms with E-state index in [0.717, 1.165) is 5.56 Å². The lowest BCUT2D eigenvalue weighted by Gasteiger charge is -1.99. The molecule has 2 aromatic rings. The van der Waals surface area contributed by atoms with Crippen LogP contribution in [0.25, 0.3) is 6.08 Å². The van der Waals surface area contributed by atoms with E-state index in [0.29, 0.717) is 6.61 Å². The monoisotopic (exact) mass is 259 g/mol. The summed E-state index contributed by atoms with van der Waals surface area (Å²) in [5.74, 6) is -0.248. The number of aromatic nitrogens is 1. The van der Waals surface area contributed by atoms with Crippen LogP contribution in [0.4, 0.5) is 0 Å². The van der Waals surface area contributed by atoms with E-state index in [4.69, 9.17) is 9.15 Å². The Kier molecular flexibility index (Phi) is 4.34. The molecular weight excluding hydrogens is 246 g/mol. The van der Waals surface area contributed by atoms with Crippen molar-refractivity contribution in [1.29, 1.82) is 0 Å². The topological polar surface area (TPSA) is 61.6 Å². The molecule has 19 heavy (non-hydrogen) atoms. The van der Waals surface area contributed by atoms with Gasteiger partial charge >= 0.3 is 5.97 Å². The molecule has 1 aromatic carbocycles. The number of nitrogens with zero attached hydrogens (tertiary/aromatic N) is 1. The molecule has 1 aromatic heterocycles. The fraction of sp³-hybridized carbons (Fsp3) is 0.143. The lowest BCUT2D eigenvalue weighted by Crippen LogP contribution is -2.00. The summed E-state index contributed by atoms with van der Waals surface area (Å²) in [5, 5.41) is 0. The molecule has 0 amide bonds. The maximum atomic E-state index is 11.1. The zero-order chi connectivity index (χ0) is 13.5.